The quantitative estimate of drug-likeness (QED) is 0.671. The molecule has 1 aliphatic rings. The van der Waals surface area contributed by atoms with Crippen LogP contribution in [-0.4, -0.2) is 65.1 Å². The summed E-state index contributed by atoms with van der Waals surface area (Å²) < 4.78 is 5.02. The molecule has 30 heavy (non-hydrogen) atoms. The predicted molar refractivity (Wildman–Crippen MR) is 112 cm³/mol. The monoisotopic (exact) mass is 402 g/mol. The lowest BCUT2D eigenvalue weighted by Crippen LogP contribution is -2.50. The summed E-state index contributed by atoms with van der Waals surface area (Å²) in [6.45, 7) is 2.09. The number of carbonyl (C=O) groups excluding carboxylic acids is 2. The van der Waals surface area contributed by atoms with E-state index in [1.54, 1.807) is 35.1 Å². The van der Waals surface area contributed by atoms with Crippen LogP contribution in [0, 0.1) is 0 Å². The van der Waals surface area contributed by atoms with Gasteiger partial charge < -0.3 is 14.5 Å². The van der Waals surface area contributed by atoms with Gasteiger partial charge in [-0.3, -0.25) is 9.59 Å². The third-order valence-corrected chi connectivity index (χ3v) is 5.15. The molecule has 1 fully saturated rings. The van der Waals surface area contributed by atoms with Crippen molar-refractivity contribution < 1.29 is 14.3 Å². The number of nitrogens with zero attached hydrogens (tertiary/aromatic N) is 4. The third kappa shape index (κ3) is 4.15. The third-order valence-electron chi connectivity index (χ3n) is 5.15. The summed E-state index contributed by atoms with van der Waals surface area (Å²) in [5, 5.41) is 8.09. The fourth-order valence-electron chi connectivity index (χ4n) is 3.42. The summed E-state index contributed by atoms with van der Waals surface area (Å²) >= 11 is 0. The first-order valence-corrected chi connectivity index (χ1v) is 9.77. The van der Waals surface area contributed by atoms with Crippen LogP contribution in [0.15, 0.2) is 66.7 Å². The molecule has 2 aromatic carbocycles. The standard InChI is InChI=1S/C23H22N4O3/c1-30-21-12-11-20(24-25-21)17-7-9-19(10-8-17)23(29)27-15-13-26(14-16-27)22(28)18-5-3-2-4-6-18/h2-12H,13-16H2,1H3. The van der Waals surface area contributed by atoms with Gasteiger partial charge >= 0.3 is 0 Å². The van der Waals surface area contributed by atoms with Gasteiger partial charge in [-0.2, -0.15) is 0 Å². The van der Waals surface area contributed by atoms with E-state index in [0.29, 0.717) is 48.9 Å². The van der Waals surface area contributed by atoms with Crippen LogP contribution < -0.4 is 4.74 Å². The molecule has 2 heterocycles. The van der Waals surface area contributed by atoms with Crippen LogP contribution in [0.2, 0.25) is 0 Å². The Labute approximate surface area is 174 Å². The molecule has 4 rings (SSSR count). The Bertz CT molecular complexity index is 1010. The summed E-state index contributed by atoms with van der Waals surface area (Å²) in [7, 11) is 1.54. The molecule has 0 bridgehead atoms. The van der Waals surface area contributed by atoms with Gasteiger partial charge in [-0.15, -0.1) is 10.2 Å². The second-order valence-corrected chi connectivity index (χ2v) is 6.99. The van der Waals surface area contributed by atoms with Crippen molar-refractivity contribution in [3.8, 4) is 17.1 Å². The molecule has 0 atom stereocenters. The van der Waals surface area contributed by atoms with Crippen molar-refractivity contribution in [3.63, 3.8) is 0 Å². The summed E-state index contributed by atoms with van der Waals surface area (Å²) in [6.07, 6.45) is 0. The molecule has 2 amide bonds. The fraction of sp³-hybridized carbons (Fsp3) is 0.217. The van der Waals surface area contributed by atoms with Crippen molar-refractivity contribution in [3.05, 3.63) is 77.9 Å². The summed E-state index contributed by atoms with van der Waals surface area (Å²) in [6, 6.07) is 20.1. The molecule has 0 aliphatic carbocycles. The molecule has 152 valence electrons. The first kappa shape index (κ1) is 19.6. The van der Waals surface area contributed by atoms with Crippen molar-refractivity contribution in [1.82, 2.24) is 20.0 Å². The van der Waals surface area contributed by atoms with E-state index in [1.807, 2.05) is 48.5 Å². The van der Waals surface area contributed by atoms with Crippen molar-refractivity contribution >= 4 is 11.8 Å². The SMILES string of the molecule is COc1ccc(-c2ccc(C(=O)N3CCN(C(=O)c4ccccc4)CC3)cc2)nn1. The number of carbonyl (C=O) groups is 2. The van der Waals surface area contributed by atoms with Crippen molar-refractivity contribution in [2.24, 2.45) is 0 Å². The van der Waals surface area contributed by atoms with Crippen molar-refractivity contribution in [2.45, 2.75) is 0 Å². The number of benzene rings is 2. The zero-order valence-corrected chi connectivity index (χ0v) is 16.7. The van der Waals surface area contributed by atoms with Gasteiger partial charge in [0.05, 0.1) is 12.8 Å². The van der Waals surface area contributed by atoms with Crippen LogP contribution in [-0.2, 0) is 0 Å². The highest BCUT2D eigenvalue weighted by Crippen LogP contribution is 2.19. The molecule has 1 aliphatic heterocycles. The first-order valence-electron chi connectivity index (χ1n) is 9.77. The maximum Gasteiger partial charge on any atom is 0.253 e. The molecule has 0 spiro atoms. The molecular formula is C23H22N4O3. The topological polar surface area (TPSA) is 75.6 Å². The molecule has 7 nitrogen and oxygen atoms in total. The molecule has 0 radical (unpaired) electrons. The van der Waals surface area contributed by atoms with E-state index in [-0.39, 0.29) is 11.8 Å². The Morgan fingerprint density at radius 3 is 1.80 bits per heavy atom. The molecule has 1 saturated heterocycles. The lowest BCUT2D eigenvalue weighted by atomic mass is 10.1. The molecular weight excluding hydrogens is 380 g/mol. The Hall–Kier alpha value is -3.74. The predicted octanol–water partition coefficient (Wildman–Crippen LogP) is 2.75. The Kier molecular flexibility index (Phi) is 5.70. The van der Waals surface area contributed by atoms with Crippen molar-refractivity contribution in [2.75, 3.05) is 33.3 Å². The van der Waals surface area contributed by atoms with Gasteiger partial charge in [-0.25, -0.2) is 0 Å². The highest BCUT2D eigenvalue weighted by atomic mass is 16.5. The van der Waals surface area contributed by atoms with Crippen LogP contribution in [0.25, 0.3) is 11.3 Å². The maximum atomic E-state index is 12.9. The summed E-state index contributed by atoms with van der Waals surface area (Å²) in [4.78, 5) is 29.0. The van der Waals surface area contributed by atoms with Gasteiger partial charge in [0.15, 0.2) is 0 Å². The summed E-state index contributed by atoms with van der Waals surface area (Å²) in [5.74, 6) is 0.428. The number of aromatic nitrogens is 2. The number of methoxy groups -OCH3 is 1. The van der Waals surface area contributed by atoms with Crippen LogP contribution >= 0.6 is 0 Å². The van der Waals surface area contributed by atoms with E-state index in [1.165, 1.54) is 0 Å². The number of amides is 2. The number of hydrogen-bond acceptors (Lipinski definition) is 5. The fourth-order valence-corrected chi connectivity index (χ4v) is 3.42. The van der Waals surface area contributed by atoms with E-state index in [0.717, 1.165) is 5.56 Å². The second kappa shape index (κ2) is 8.73. The van der Waals surface area contributed by atoms with Crippen LogP contribution in [0.3, 0.4) is 0 Å². The minimum atomic E-state index is -0.0332. The molecule has 0 unspecified atom stereocenters. The van der Waals surface area contributed by atoms with Gasteiger partial charge in [0.2, 0.25) is 5.88 Å². The minimum Gasteiger partial charge on any atom is -0.480 e. The Morgan fingerprint density at radius 1 is 0.733 bits per heavy atom. The van der Waals surface area contributed by atoms with E-state index < -0.39 is 0 Å². The van der Waals surface area contributed by atoms with Crippen LogP contribution in [0.1, 0.15) is 20.7 Å². The average molecular weight is 402 g/mol. The van der Waals surface area contributed by atoms with E-state index in [9.17, 15) is 9.59 Å². The average Bonchev–Trinajstić information content (AvgIpc) is 2.84. The van der Waals surface area contributed by atoms with E-state index in [2.05, 4.69) is 10.2 Å². The Morgan fingerprint density at radius 2 is 1.30 bits per heavy atom. The van der Waals surface area contributed by atoms with E-state index >= 15 is 0 Å². The first-order chi connectivity index (χ1) is 14.7. The smallest absolute Gasteiger partial charge is 0.253 e. The van der Waals surface area contributed by atoms with Crippen LogP contribution in [0.5, 0.6) is 5.88 Å². The Balaban J connectivity index is 1.37. The lowest BCUT2D eigenvalue weighted by molar-refractivity contribution is 0.0535. The normalized spacial score (nSPS) is 13.8. The minimum absolute atomic E-state index is 0.00709. The van der Waals surface area contributed by atoms with Gasteiger partial charge in [-0.05, 0) is 30.3 Å². The van der Waals surface area contributed by atoms with Gasteiger partial charge in [0.25, 0.3) is 11.8 Å². The summed E-state index contributed by atoms with van der Waals surface area (Å²) in [5.41, 5.74) is 2.88. The zero-order chi connectivity index (χ0) is 20.9. The van der Waals surface area contributed by atoms with Crippen molar-refractivity contribution in [1.29, 1.82) is 0 Å². The molecule has 0 N–H and O–H groups in total. The molecule has 3 aromatic rings. The van der Waals surface area contributed by atoms with Gasteiger partial charge in [-0.1, -0.05) is 30.3 Å². The van der Waals surface area contributed by atoms with Gasteiger partial charge in [0.1, 0.15) is 0 Å². The highest BCUT2D eigenvalue weighted by Gasteiger charge is 2.25. The molecule has 7 heteroatoms. The number of piperazine rings is 1. The van der Waals surface area contributed by atoms with Gasteiger partial charge in [0, 0.05) is 48.9 Å². The largest absolute Gasteiger partial charge is 0.480 e. The number of rotatable bonds is 4. The zero-order valence-electron chi connectivity index (χ0n) is 16.7. The molecule has 0 saturated carbocycles. The lowest BCUT2D eigenvalue weighted by Gasteiger charge is -2.35. The second-order valence-electron chi connectivity index (χ2n) is 6.99. The number of ether oxygens (including phenoxy) is 1. The highest BCUT2D eigenvalue weighted by molar-refractivity contribution is 5.96. The molecule has 1 aromatic heterocycles. The van der Waals surface area contributed by atoms with Crippen LogP contribution in [0.4, 0.5) is 0 Å². The van der Waals surface area contributed by atoms with E-state index in [4.69, 9.17) is 4.74 Å². The number of hydrogen-bond donors (Lipinski definition) is 0. The maximum absolute atomic E-state index is 12.9.